The highest BCUT2D eigenvalue weighted by Gasteiger charge is 2.16. The van der Waals surface area contributed by atoms with Gasteiger partial charge in [0.2, 0.25) is 0 Å². The van der Waals surface area contributed by atoms with Crippen LogP contribution in [0.1, 0.15) is 36.8 Å². The lowest BCUT2D eigenvalue weighted by atomic mass is 10.1. The maximum absolute atomic E-state index is 6.27. The topological polar surface area (TPSA) is 80.9 Å². The monoisotopic (exact) mass is 378 g/mol. The maximum Gasteiger partial charge on any atom is 0.191 e. The lowest BCUT2D eigenvalue weighted by Crippen LogP contribution is -2.36. The van der Waals surface area contributed by atoms with Crippen molar-refractivity contribution in [3.63, 3.8) is 0 Å². The summed E-state index contributed by atoms with van der Waals surface area (Å²) in [7, 11) is 1.71. The number of hydrogen-bond acceptors (Lipinski definition) is 5. The number of ether oxygens (including phenoxy) is 2. The number of halogens is 1. The number of hydrogen-bond donors (Lipinski definition) is 2. The van der Waals surface area contributed by atoms with E-state index in [-0.39, 0.29) is 0 Å². The van der Waals surface area contributed by atoms with Gasteiger partial charge in [-0.1, -0.05) is 30.6 Å². The largest absolute Gasteiger partial charge is 0.486 e. The van der Waals surface area contributed by atoms with Gasteiger partial charge in [0.25, 0.3) is 0 Å². The van der Waals surface area contributed by atoms with Gasteiger partial charge in [-0.25, -0.2) is 0 Å². The SMILES string of the molecule is CN=C(NCc1cc(Cl)c2c(c1)OCCO2)NCc1cc(C(C)C)no1. The van der Waals surface area contributed by atoms with Crippen molar-refractivity contribution >= 4 is 17.6 Å². The molecular weight excluding hydrogens is 356 g/mol. The quantitative estimate of drug-likeness (QED) is 0.614. The molecule has 0 atom stereocenters. The molecule has 1 aliphatic heterocycles. The molecule has 2 heterocycles. The number of aliphatic imine (C=N–C) groups is 1. The zero-order chi connectivity index (χ0) is 18.5. The van der Waals surface area contributed by atoms with Crippen LogP contribution in [-0.2, 0) is 13.1 Å². The van der Waals surface area contributed by atoms with Gasteiger partial charge in [0.1, 0.15) is 13.2 Å². The minimum absolute atomic E-state index is 0.338. The Labute approximate surface area is 157 Å². The Morgan fingerprint density at radius 3 is 2.69 bits per heavy atom. The molecule has 1 aliphatic rings. The van der Waals surface area contributed by atoms with E-state index in [9.17, 15) is 0 Å². The molecule has 0 bridgehead atoms. The summed E-state index contributed by atoms with van der Waals surface area (Å²) in [5.74, 6) is 3.03. The molecule has 140 valence electrons. The first-order chi connectivity index (χ1) is 12.6. The van der Waals surface area contributed by atoms with Gasteiger partial charge in [-0.2, -0.15) is 0 Å². The zero-order valence-electron chi connectivity index (χ0n) is 15.1. The van der Waals surface area contributed by atoms with E-state index in [1.807, 2.05) is 18.2 Å². The smallest absolute Gasteiger partial charge is 0.191 e. The van der Waals surface area contributed by atoms with Crippen LogP contribution in [0.5, 0.6) is 11.5 Å². The number of nitrogens with one attached hydrogen (secondary N) is 2. The van der Waals surface area contributed by atoms with Gasteiger partial charge in [0, 0.05) is 19.7 Å². The first-order valence-electron chi connectivity index (χ1n) is 8.55. The summed E-state index contributed by atoms with van der Waals surface area (Å²) in [5.41, 5.74) is 1.92. The molecule has 26 heavy (non-hydrogen) atoms. The number of fused-ring (bicyclic) bond motifs is 1. The normalized spacial score (nSPS) is 13.8. The Bertz CT molecular complexity index is 789. The van der Waals surface area contributed by atoms with E-state index in [2.05, 4.69) is 34.6 Å². The van der Waals surface area contributed by atoms with Crippen molar-refractivity contribution in [3.05, 3.63) is 40.2 Å². The van der Waals surface area contributed by atoms with Gasteiger partial charge in [-0.05, 0) is 23.6 Å². The fraction of sp³-hybridized carbons (Fsp3) is 0.444. The molecule has 0 aliphatic carbocycles. The first kappa shape index (κ1) is 18.4. The lowest BCUT2D eigenvalue weighted by molar-refractivity contribution is 0.171. The van der Waals surface area contributed by atoms with Crippen molar-refractivity contribution in [2.75, 3.05) is 20.3 Å². The maximum atomic E-state index is 6.27. The van der Waals surface area contributed by atoms with Crippen molar-refractivity contribution in [2.45, 2.75) is 32.9 Å². The van der Waals surface area contributed by atoms with Gasteiger partial charge in [0.05, 0.1) is 17.3 Å². The van der Waals surface area contributed by atoms with E-state index in [0.717, 1.165) is 17.0 Å². The number of guanidine groups is 1. The molecule has 7 nitrogen and oxygen atoms in total. The fourth-order valence-electron chi connectivity index (χ4n) is 2.53. The Morgan fingerprint density at radius 2 is 1.96 bits per heavy atom. The third-order valence-corrected chi connectivity index (χ3v) is 4.22. The van der Waals surface area contributed by atoms with Gasteiger partial charge in [-0.3, -0.25) is 4.99 Å². The number of nitrogens with zero attached hydrogens (tertiary/aromatic N) is 2. The Balaban J connectivity index is 1.56. The fourth-order valence-corrected chi connectivity index (χ4v) is 2.82. The van der Waals surface area contributed by atoms with Crippen LogP contribution in [0, 0.1) is 0 Å². The molecule has 2 aromatic rings. The molecule has 0 saturated heterocycles. The van der Waals surface area contributed by atoms with Gasteiger partial charge >= 0.3 is 0 Å². The van der Waals surface area contributed by atoms with Crippen LogP contribution in [0.15, 0.2) is 27.7 Å². The molecule has 1 aromatic carbocycles. The summed E-state index contributed by atoms with van der Waals surface area (Å²) in [4.78, 5) is 4.21. The predicted octanol–water partition coefficient (Wildman–Crippen LogP) is 3.09. The van der Waals surface area contributed by atoms with E-state index < -0.39 is 0 Å². The standard InChI is InChI=1S/C18H23ClN4O3/c1-11(2)15-8-13(26-23-15)10-22-18(20-3)21-9-12-6-14(19)17-16(7-12)24-4-5-25-17/h6-8,11H,4-5,9-10H2,1-3H3,(H2,20,21,22). The molecule has 0 amide bonds. The third-order valence-electron chi connectivity index (χ3n) is 3.94. The molecule has 1 aromatic heterocycles. The van der Waals surface area contributed by atoms with Crippen molar-refractivity contribution < 1.29 is 14.0 Å². The van der Waals surface area contributed by atoms with Crippen LogP contribution in [0.4, 0.5) is 0 Å². The van der Waals surface area contributed by atoms with Crippen LogP contribution in [0.25, 0.3) is 0 Å². The highest BCUT2D eigenvalue weighted by atomic mass is 35.5. The van der Waals surface area contributed by atoms with Crippen molar-refractivity contribution in [3.8, 4) is 11.5 Å². The minimum atomic E-state index is 0.338. The lowest BCUT2D eigenvalue weighted by Gasteiger charge is -2.20. The second-order valence-electron chi connectivity index (χ2n) is 6.25. The van der Waals surface area contributed by atoms with Gasteiger partial charge < -0.3 is 24.6 Å². The van der Waals surface area contributed by atoms with Crippen LogP contribution in [-0.4, -0.2) is 31.4 Å². The molecule has 0 fully saturated rings. The Kier molecular flexibility index (Phi) is 5.88. The van der Waals surface area contributed by atoms with Crippen LogP contribution >= 0.6 is 11.6 Å². The number of rotatable bonds is 5. The van der Waals surface area contributed by atoms with Crippen LogP contribution in [0.2, 0.25) is 5.02 Å². The van der Waals surface area contributed by atoms with E-state index in [4.69, 9.17) is 25.6 Å². The Morgan fingerprint density at radius 1 is 1.19 bits per heavy atom. The van der Waals surface area contributed by atoms with Crippen LogP contribution in [0.3, 0.4) is 0 Å². The Hall–Kier alpha value is -2.41. The average Bonchev–Trinajstić information content (AvgIpc) is 3.11. The molecule has 8 heteroatoms. The van der Waals surface area contributed by atoms with E-state index in [1.165, 1.54) is 0 Å². The summed E-state index contributed by atoms with van der Waals surface area (Å²) < 4.78 is 16.5. The van der Waals surface area contributed by atoms with E-state index in [0.29, 0.717) is 54.7 Å². The van der Waals surface area contributed by atoms with Crippen molar-refractivity contribution in [1.29, 1.82) is 0 Å². The van der Waals surface area contributed by atoms with Crippen LogP contribution < -0.4 is 20.1 Å². The third kappa shape index (κ3) is 4.40. The predicted molar refractivity (Wildman–Crippen MR) is 100 cm³/mol. The molecule has 0 saturated carbocycles. The van der Waals surface area contributed by atoms with Crippen molar-refractivity contribution in [1.82, 2.24) is 15.8 Å². The summed E-state index contributed by atoms with van der Waals surface area (Å²) in [5, 5.41) is 11.0. The van der Waals surface area contributed by atoms with E-state index >= 15 is 0 Å². The summed E-state index contributed by atoms with van der Waals surface area (Å²) in [6.45, 7) is 6.24. The summed E-state index contributed by atoms with van der Waals surface area (Å²) in [6, 6.07) is 5.73. The molecule has 0 unspecified atom stereocenters. The summed E-state index contributed by atoms with van der Waals surface area (Å²) >= 11 is 6.27. The summed E-state index contributed by atoms with van der Waals surface area (Å²) in [6.07, 6.45) is 0. The minimum Gasteiger partial charge on any atom is -0.486 e. The molecule has 2 N–H and O–H groups in total. The van der Waals surface area contributed by atoms with Gasteiger partial charge in [0.15, 0.2) is 23.2 Å². The average molecular weight is 379 g/mol. The zero-order valence-corrected chi connectivity index (χ0v) is 15.9. The van der Waals surface area contributed by atoms with Crippen molar-refractivity contribution in [2.24, 2.45) is 4.99 Å². The highest BCUT2D eigenvalue weighted by Crippen LogP contribution is 2.38. The van der Waals surface area contributed by atoms with E-state index in [1.54, 1.807) is 7.05 Å². The molecule has 0 radical (unpaired) electrons. The molecule has 0 spiro atoms. The molecular formula is C18H23ClN4O3. The second-order valence-corrected chi connectivity index (χ2v) is 6.66. The number of aromatic nitrogens is 1. The number of benzene rings is 1. The first-order valence-corrected chi connectivity index (χ1v) is 8.92. The molecule has 3 rings (SSSR count). The highest BCUT2D eigenvalue weighted by molar-refractivity contribution is 6.32. The van der Waals surface area contributed by atoms with Gasteiger partial charge in [-0.15, -0.1) is 0 Å². The second kappa shape index (κ2) is 8.31.